The van der Waals surface area contributed by atoms with Crippen LogP contribution in [0.3, 0.4) is 0 Å². The number of rotatable bonds is 4. The fourth-order valence-corrected chi connectivity index (χ4v) is 3.08. The number of urea groups is 1. The predicted octanol–water partition coefficient (Wildman–Crippen LogP) is 2.38. The minimum absolute atomic E-state index is 0.0182. The number of hydrogen-bond acceptors (Lipinski definition) is 2. The third-order valence-corrected chi connectivity index (χ3v) is 5.11. The summed E-state index contributed by atoms with van der Waals surface area (Å²) in [4.78, 5) is 25.5. The zero-order valence-corrected chi connectivity index (χ0v) is 12.9. The maximum absolute atomic E-state index is 12.8. The molecule has 1 aliphatic heterocycles. The summed E-state index contributed by atoms with van der Waals surface area (Å²) in [5, 5.41) is 0. The van der Waals surface area contributed by atoms with Crippen molar-refractivity contribution >= 4 is 11.9 Å². The fraction of sp³-hybridized carbons (Fsp3) is 0.857. The highest BCUT2D eigenvalue weighted by Gasteiger charge is 2.73. The molecule has 4 nitrogen and oxygen atoms in total. The molecule has 0 radical (unpaired) electrons. The molecule has 3 atom stereocenters. The van der Waals surface area contributed by atoms with E-state index < -0.39 is 5.54 Å². The minimum atomic E-state index is -0.598. The molecule has 4 heteroatoms. The van der Waals surface area contributed by atoms with Gasteiger partial charge in [-0.3, -0.25) is 0 Å². The average molecular weight is 256 g/mol. The van der Waals surface area contributed by atoms with Crippen LogP contribution in [0.25, 0.3) is 0 Å². The molecule has 0 aromatic carbocycles. The monoisotopic (exact) mass is 256 g/mol. The maximum Gasteiger partial charge on any atom is 0.522 e. The van der Waals surface area contributed by atoms with Gasteiger partial charge >= 0.3 is 11.9 Å². The molecule has 0 aromatic heterocycles. The van der Waals surface area contributed by atoms with Crippen molar-refractivity contribution in [3.63, 3.8) is 0 Å². The molecule has 104 valence electrons. The molecule has 0 aromatic rings. The summed E-state index contributed by atoms with van der Waals surface area (Å²) in [6, 6.07) is 0.0182. The van der Waals surface area contributed by atoms with E-state index in [1.54, 1.807) is 7.05 Å². The molecule has 3 unspecified atom stereocenters. The third-order valence-electron chi connectivity index (χ3n) is 5.11. The van der Waals surface area contributed by atoms with E-state index in [1.165, 1.54) is 0 Å². The van der Waals surface area contributed by atoms with Crippen LogP contribution in [0.1, 0.15) is 40.5 Å². The van der Waals surface area contributed by atoms with E-state index in [4.69, 9.17) is 0 Å². The average Bonchev–Trinajstić information content (AvgIpc) is 2.42. The van der Waals surface area contributed by atoms with Gasteiger partial charge in [-0.15, -0.1) is 4.48 Å². The number of imide groups is 1. The standard InChI is InChI=1S/C14H28N2O2/c1-8-11(3)10-16(7)12(17)14(4,9-2)15(5,6)13(16)18/h11H,8-10H2,1-7H3/q+2. The third kappa shape index (κ3) is 1.74. The van der Waals surface area contributed by atoms with Crippen molar-refractivity contribution in [3.05, 3.63) is 0 Å². The Balaban J connectivity index is 3.26. The van der Waals surface area contributed by atoms with Crippen LogP contribution >= 0.6 is 0 Å². The van der Waals surface area contributed by atoms with Gasteiger partial charge < -0.3 is 0 Å². The Hall–Kier alpha value is -0.740. The van der Waals surface area contributed by atoms with Gasteiger partial charge in [0, 0.05) is 19.3 Å². The number of carbonyl (C=O) groups excluding carboxylic acids is 2. The van der Waals surface area contributed by atoms with Gasteiger partial charge in [-0.25, -0.2) is 4.79 Å². The van der Waals surface area contributed by atoms with Gasteiger partial charge in [-0.2, -0.15) is 9.28 Å². The van der Waals surface area contributed by atoms with Gasteiger partial charge in [0.25, 0.3) is 0 Å². The molecular formula is C14H28N2O2+2. The molecule has 0 bridgehead atoms. The van der Waals surface area contributed by atoms with Crippen LogP contribution in [0.2, 0.25) is 0 Å². The molecule has 0 aliphatic carbocycles. The van der Waals surface area contributed by atoms with E-state index >= 15 is 0 Å². The van der Waals surface area contributed by atoms with Gasteiger partial charge in [0.1, 0.15) is 6.54 Å². The van der Waals surface area contributed by atoms with E-state index in [1.807, 2.05) is 27.9 Å². The Kier molecular flexibility index (Phi) is 3.76. The number of likely N-dealkylation sites (N-methyl/N-ethyl adjacent to an activating group) is 2. The second-order valence-corrected chi connectivity index (χ2v) is 6.56. The molecule has 0 saturated carbocycles. The van der Waals surface area contributed by atoms with E-state index in [0.717, 1.165) is 6.42 Å². The lowest BCUT2D eigenvalue weighted by Crippen LogP contribution is -2.57. The molecule has 1 fully saturated rings. The van der Waals surface area contributed by atoms with E-state index in [0.29, 0.717) is 18.9 Å². The molecule has 1 saturated heterocycles. The SMILES string of the molecule is CCC(C)C[N+]1(C)C(=O)C(C)(CC)[N+](C)(C)C1=O. The van der Waals surface area contributed by atoms with Crippen molar-refractivity contribution < 1.29 is 18.6 Å². The molecule has 0 N–H and O–H groups in total. The minimum Gasteiger partial charge on any atom is -0.223 e. The summed E-state index contributed by atoms with van der Waals surface area (Å²) in [7, 11) is 5.52. The number of amides is 3. The Labute approximate surface area is 111 Å². The molecule has 3 amide bonds. The van der Waals surface area contributed by atoms with Crippen LogP contribution in [-0.4, -0.2) is 54.1 Å². The zero-order valence-electron chi connectivity index (χ0n) is 12.9. The van der Waals surface area contributed by atoms with Crippen molar-refractivity contribution in [2.75, 3.05) is 27.7 Å². The molecule has 18 heavy (non-hydrogen) atoms. The summed E-state index contributed by atoms with van der Waals surface area (Å²) in [5.74, 6) is 0.447. The lowest BCUT2D eigenvalue weighted by Gasteiger charge is -2.30. The van der Waals surface area contributed by atoms with Crippen molar-refractivity contribution in [2.45, 2.75) is 46.1 Å². The van der Waals surface area contributed by atoms with Crippen LogP contribution in [0, 0.1) is 5.92 Å². The first-order valence-corrected chi connectivity index (χ1v) is 6.87. The Bertz CT molecular complexity index is 378. The number of nitrogens with zero attached hydrogens (tertiary/aromatic N) is 2. The van der Waals surface area contributed by atoms with Gasteiger partial charge in [0.15, 0.2) is 0 Å². The summed E-state index contributed by atoms with van der Waals surface area (Å²) < 4.78 is 0.113. The number of carbonyl (C=O) groups is 2. The summed E-state index contributed by atoms with van der Waals surface area (Å²) in [5.41, 5.74) is -0.598. The fourth-order valence-electron chi connectivity index (χ4n) is 3.08. The van der Waals surface area contributed by atoms with Crippen molar-refractivity contribution in [1.82, 2.24) is 0 Å². The quantitative estimate of drug-likeness (QED) is 0.572. The zero-order chi connectivity index (χ0) is 14.4. The van der Waals surface area contributed by atoms with E-state index in [-0.39, 0.29) is 20.9 Å². The van der Waals surface area contributed by atoms with Gasteiger partial charge in [0.2, 0.25) is 5.54 Å². The van der Waals surface area contributed by atoms with Gasteiger partial charge in [0.05, 0.1) is 21.1 Å². The summed E-state index contributed by atoms with van der Waals surface area (Å²) in [6.45, 7) is 8.73. The summed E-state index contributed by atoms with van der Waals surface area (Å²) >= 11 is 0. The number of hydrogen-bond donors (Lipinski definition) is 0. The van der Waals surface area contributed by atoms with Crippen molar-refractivity contribution in [3.8, 4) is 0 Å². The first-order valence-electron chi connectivity index (χ1n) is 6.87. The van der Waals surface area contributed by atoms with Crippen LogP contribution in [0.4, 0.5) is 4.79 Å². The Morgan fingerprint density at radius 1 is 1.17 bits per heavy atom. The second kappa shape index (κ2) is 4.42. The molecule has 1 aliphatic rings. The van der Waals surface area contributed by atoms with Crippen molar-refractivity contribution in [2.24, 2.45) is 5.92 Å². The van der Waals surface area contributed by atoms with Gasteiger partial charge in [-0.05, 0) is 6.42 Å². The van der Waals surface area contributed by atoms with E-state index in [9.17, 15) is 9.59 Å². The molecule has 1 rings (SSSR count). The lowest BCUT2D eigenvalue weighted by atomic mass is 9.94. The highest BCUT2D eigenvalue weighted by Crippen LogP contribution is 2.39. The van der Waals surface area contributed by atoms with Crippen molar-refractivity contribution in [1.29, 1.82) is 0 Å². The normalized spacial score (nSPS) is 37.1. The van der Waals surface area contributed by atoms with E-state index in [2.05, 4.69) is 13.8 Å². The first-order chi connectivity index (χ1) is 8.07. The second-order valence-electron chi connectivity index (χ2n) is 6.56. The Morgan fingerprint density at radius 2 is 1.67 bits per heavy atom. The number of quaternary nitrogens is 2. The van der Waals surface area contributed by atoms with Crippen LogP contribution in [0.15, 0.2) is 0 Å². The lowest BCUT2D eigenvalue weighted by molar-refractivity contribution is -0.892. The maximum atomic E-state index is 12.8. The summed E-state index contributed by atoms with van der Waals surface area (Å²) in [6.07, 6.45) is 1.68. The first kappa shape index (κ1) is 15.3. The van der Waals surface area contributed by atoms with Crippen LogP contribution in [-0.2, 0) is 4.79 Å². The highest BCUT2D eigenvalue weighted by atomic mass is 16.2. The molecule has 0 spiro atoms. The topological polar surface area (TPSA) is 34.1 Å². The van der Waals surface area contributed by atoms with Crippen LogP contribution in [0.5, 0.6) is 0 Å². The molecule has 1 heterocycles. The largest absolute Gasteiger partial charge is 0.522 e. The highest BCUT2D eigenvalue weighted by molar-refractivity contribution is 5.92. The smallest absolute Gasteiger partial charge is 0.223 e. The van der Waals surface area contributed by atoms with Crippen LogP contribution < -0.4 is 0 Å². The predicted molar refractivity (Wildman–Crippen MR) is 71.7 cm³/mol. The molecular weight excluding hydrogens is 228 g/mol. The van der Waals surface area contributed by atoms with Gasteiger partial charge in [-0.1, -0.05) is 20.8 Å². The Morgan fingerprint density at radius 3 is 2.00 bits per heavy atom.